The Kier molecular flexibility index (Phi) is 4.30. The summed E-state index contributed by atoms with van der Waals surface area (Å²) in [7, 11) is 0. The van der Waals surface area contributed by atoms with Gasteiger partial charge >= 0.3 is 0 Å². The summed E-state index contributed by atoms with van der Waals surface area (Å²) in [5.74, 6) is 0. The molecule has 2 aromatic rings. The average molecular weight is 370 g/mol. The van der Waals surface area contributed by atoms with Gasteiger partial charge in [-0.1, -0.05) is 38.8 Å². The predicted octanol–water partition coefficient (Wildman–Crippen LogP) is 5.10. The highest BCUT2D eigenvalue weighted by Crippen LogP contribution is 2.29. The largest absolute Gasteiger partial charge is 0.397 e. The summed E-state index contributed by atoms with van der Waals surface area (Å²) in [5.41, 5.74) is 9.99. The molecule has 0 unspecified atom stereocenters. The summed E-state index contributed by atoms with van der Waals surface area (Å²) in [6, 6.07) is 12.1. The van der Waals surface area contributed by atoms with E-state index in [4.69, 9.17) is 5.73 Å². The SMILES string of the molecule is CCc1cc(Br)ccc1Nc1ccc(Br)cc1N. The number of nitrogens with two attached hydrogens (primary N) is 1. The molecule has 0 saturated heterocycles. The van der Waals surface area contributed by atoms with Crippen LogP contribution in [0.3, 0.4) is 0 Å². The maximum atomic E-state index is 5.99. The minimum atomic E-state index is 0.731. The van der Waals surface area contributed by atoms with Crippen LogP contribution in [0.15, 0.2) is 45.3 Å². The molecule has 0 saturated carbocycles. The third-order valence-corrected chi connectivity index (χ3v) is 3.72. The number of aryl methyl sites for hydroxylation is 1. The van der Waals surface area contributed by atoms with Crippen LogP contribution in [0.1, 0.15) is 12.5 Å². The Labute approximate surface area is 124 Å². The van der Waals surface area contributed by atoms with Gasteiger partial charge < -0.3 is 11.1 Å². The van der Waals surface area contributed by atoms with E-state index < -0.39 is 0 Å². The van der Waals surface area contributed by atoms with Gasteiger partial charge in [-0.3, -0.25) is 0 Å². The summed E-state index contributed by atoms with van der Waals surface area (Å²) in [4.78, 5) is 0. The lowest BCUT2D eigenvalue weighted by Gasteiger charge is -2.13. The fourth-order valence-electron chi connectivity index (χ4n) is 1.77. The standard InChI is InChI=1S/C14H14Br2N2/c1-2-9-7-10(15)3-5-13(9)18-14-6-4-11(16)8-12(14)17/h3-8,18H,2,17H2,1H3. The number of anilines is 3. The van der Waals surface area contributed by atoms with Crippen LogP contribution in [-0.2, 0) is 6.42 Å². The molecule has 3 N–H and O–H groups in total. The van der Waals surface area contributed by atoms with Gasteiger partial charge in [0.25, 0.3) is 0 Å². The van der Waals surface area contributed by atoms with Crippen LogP contribution in [0.2, 0.25) is 0 Å². The van der Waals surface area contributed by atoms with Gasteiger partial charge in [-0.2, -0.15) is 0 Å². The van der Waals surface area contributed by atoms with Crippen LogP contribution in [0.25, 0.3) is 0 Å². The molecule has 2 rings (SSSR count). The Balaban J connectivity index is 2.33. The van der Waals surface area contributed by atoms with Gasteiger partial charge in [0.15, 0.2) is 0 Å². The first-order valence-electron chi connectivity index (χ1n) is 5.70. The zero-order valence-corrected chi connectivity index (χ0v) is 13.2. The number of rotatable bonds is 3. The molecule has 0 aliphatic heterocycles. The molecule has 94 valence electrons. The highest BCUT2D eigenvalue weighted by molar-refractivity contribution is 9.10. The van der Waals surface area contributed by atoms with Gasteiger partial charge in [0.05, 0.1) is 11.4 Å². The van der Waals surface area contributed by atoms with Crippen molar-refractivity contribution in [2.75, 3.05) is 11.1 Å². The molecule has 0 radical (unpaired) electrons. The van der Waals surface area contributed by atoms with E-state index in [1.807, 2.05) is 24.3 Å². The molecular weight excluding hydrogens is 356 g/mol. The van der Waals surface area contributed by atoms with E-state index in [2.05, 4.69) is 56.2 Å². The highest BCUT2D eigenvalue weighted by atomic mass is 79.9. The normalized spacial score (nSPS) is 10.4. The van der Waals surface area contributed by atoms with Crippen molar-refractivity contribution in [1.82, 2.24) is 0 Å². The topological polar surface area (TPSA) is 38.0 Å². The van der Waals surface area contributed by atoms with Crippen molar-refractivity contribution < 1.29 is 0 Å². The summed E-state index contributed by atoms with van der Waals surface area (Å²) >= 11 is 6.89. The Bertz CT molecular complexity index is 568. The first kappa shape index (κ1) is 13.4. The van der Waals surface area contributed by atoms with Crippen molar-refractivity contribution in [2.45, 2.75) is 13.3 Å². The fraction of sp³-hybridized carbons (Fsp3) is 0.143. The highest BCUT2D eigenvalue weighted by Gasteiger charge is 2.04. The van der Waals surface area contributed by atoms with Crippen LogP contribution in [-0.4, -0.2) is 0 Å². The first-order valence-corrected chi connectivity index (χ1v) is 7.29. The second kappa shape index (κ2) is 5.76. The molecule has 18 heavy (non-hydrogen) atoms. The quantitative estimate of drug-likeness (QED) is 0.738. The molecule has 2 nitrogen and oxygen atoms in total. The monoisotopic (exact) mass is 368 g/mol. The molecule has 4 heteroatoms. The Hall–Kier alpha value is -1.00. The number of hydrogen-bond acceptors (Lipinski definition) is 2. The molecule has 0 fully saturated rings. The molecule has 0 aliphatic carbocycles. The average Bonchev–Trinajstić information content (AvgIpc) is 2.34. The van der Waals surface area contributed by atoms with E-state index >= 15 is 0 Å². The predicted molar refractivity (Wildman–Crippen MR) is 85.4 cm³/mol. The van der Waals surface area contributed by atoms with Gasteiger partial charge in [0.2, 0.25) is 0 Å². The van der Waals surface area contributed by atoms with E-state index in [1.54, 1.807) is 0 Å². The molecule has 0 aromatic heterocycles. The minimum Gasteiger partial charge on any atom is -0.397 e. The van der Waals surface area contributed by atoms with Crippen molar-refractivity contribution in [3.63, 3.8) is 0 Å². The van der Waals surface area contributed by atoms with Crippen LogP contribution >= 0.6 is 31.9 Å². The molecular formula is C14H14Br2N2. The van der Waals surface area contributed by atoms with E-state index in [0.29, 0.717) is 0 Å². The van der Waals surface area contributed by atoms with Crippen LogP contribution < -0.4 is 11.1 Å². The third kappa shape index (κ3) is 3.06. The number of nitrogens with one attached hydrogen (secondary N) is 1. The van der Waals surface area contributed by atoms with Crippen molar-refractivity contribution in [2.24, 2.45) is 0 Å². The zero-order chi connectivity index (χ0) is 13.1. The maximum absolute atomic E-state index is 5.99. The smallest absolute Gasteiger partial charge is 0.0618 e. The lowest BCUT2D eigenvalue weighted by atomic mass is 10.1. The van der Waals surface area contributed by atoms with Crippen molar-refractivity contribution in [3.05, 3.63) is 50.9 Å². The van der Waals surface area contributed by atoms with E-state index in [-0.39, 0.29) is 0 Å². The zero-order valence-electron chi connectivity index (χ0n) is 10.0. The van der Waals surface area contributed by atoms with Gasteiger partial charge in [-0.25, -0.2) is 0 Å². The number of benzene rings is 2. The summed E-state index contributed by atoms with van der Waals surface area (Å²) < 4.78 is 2.07. The minimum absolute atomic E-state index is 0.731. The van der Waals surface area contributed by atoms with E-state index in [0.717, 1.165) is 32.4 Å². The number of nitrogen functional groups attached to an aromatic ring is 1. The molecule has 0 aliphatic rings. The fourth-order valence-corrected chi connectivity index (χ4v) is 2.56. The van der Waals surface area contributed by atoms with Gasteiger partial charge in [-0.15, -0.1) is 0 Å². The summed E-state index contributed by atoms with van der Waals surface area (Å²) in [6.45, 7) is 2.14. The molecule has 2 aromatic carbocycles. The van der Waals surface area contributed by atoms with E-state index in [9.17, 15) is 0 Å². The lowest BCUT2D eigenvalue weighted by molar-refractivity contribution is 1.14. The lowest BCUT2D eigenvalue weighted by Crippen LogP contribution is -1.99. The third-order valence-electron chi connectivity index (χ3n) is 2.73. The molecule has 0 spiro atoms. The van der Waals surface area contributed by atoms with Gasteiger partial charge in [-0.05, 0) is 48.4 Å². The van der Waals surface area contributed by atoms with Crippen LogP contribution in [0, 0.1) is 0 Å². The Morgan fingerprint density at radius 1 is 1.00 bits per heavy atom. The molecule has 0 amide bonds. The molecule has 0 bridgehead atoms. The summed E-state index contributed by atoms with van der Waals surface area (Å²) in [5, 5.41) is 3.38. The van der Waals surface area contributed by atoms with Crippen molar-refractivity contribution >= 4 is 48.9 Å². The maximum Gasteiger partial charge on any atom is 0.0618 e. The Morgan fingerprint density at radius 3 is 2.22 bits per heavy atom. The van der Waals surface area contributed by atoms with Crippen molar-refractivity contribution in [1.29, 1.82) is 0 Å². The van der Waals surface area contributed by atoms with E-state index in [1.165, 1.54) is 5.56 Å². The second-order valence-electron chi connectivity index (χ2n) is 4.01. The van der Waals surface area contributed by atoms with Crippen LogP contribution in [0.4, 0.5) is 17.1 Å². The summed E-state index contributed by atoms with van der Waals surface area (Å²) in [6.07, 6.45) is 0.970. The number of halogens is 2. The number of hydrogen-bond donors (Lipinski definition) is 2. The Morgan fingerprint density at radius 2 is 1.61 bits per heavy atom. The van der Waals surface area contributed by atoms with Gasteiger partial charge in [0.1, 0.15) is 0 Å². The second-order valence-corrected chi connectivity index (χ2v) is 5.84. The first-order chi connectivity index (χ1) is 8.60. The van der Waals surface area contributed by atoms with Crippen LogP contribution in [0.5, 0.6) is 0 Å². The molecule has 0 atom stereocenters. The van der Waals surface area contributed by atoms with Gasteiger partial charge in [0, 0.05) is 14.6 Å². The van der Waals surface area contributed by atoms with Crippen molar-refractivity contribution in [3.8, 4) is 0 Å². The molecule has 0 heterocycles.